The average molecular weight is 613 g/mol. The molecule has 2 heterocycles. The molecular weight excluding hydrogens is 593 g/mol. The van der Waals surface area contributed by atoms with Crippen molar-refractivity contribution in [1.82, 2.24) is 10.1 Å². The molecule has 2 aromatic rings. The van der Waals surface area contributed by atoms with Crippen molar-refractivity contribution in [3.05, 3.63) is 43.8 Å². The number of hydrogen-bond donors (Lipinski definition) is 1. The minimum absolute atomic E-state index is 0. The molecule has 10 nitrogen and oxygen atoms in total. The van der Waals surface area contributed by atoms with E-state index in [2.05, 4.69) is 30.7 Å². The number of nitrogens with zero attached hydrogens (tertiary/aromatic N) is 3. The summed E-state index contributed by atoms with van der Waals surface area (Å²) in [6, 6.07) is 2.10. The summed E-state index contributed by atoms with van der Waals surface area (Å²) in [5.74, 6) is -1.31. The van der Waals surface area contributed by atoms with Crippen LogP contribution in [0.15, 0.2) is 36.2 Å². The molecule has 0 fully saturated rings. The van der Waals surface area contributed by atoms with Crippen LogP contribution in [0.3, 0.4) is 0 Å². The molecule has 15 heteroatoms. The quantitative estimate of drug-likeness (QED) is 0.181. The summed E-state index contributed by atoms with van der Waals surface area (Å²) in [6.45, 7) is 4.85. The fraction of sp³-hybridized carbons (Fsp3) is 0.450. The third-order valence-corrected chi connectivity index (χ3v) is 5.60. The Kier molecular flexibility index (Phi) is 9.98. The summed E-state index contributed by atoms with van der Waals surface area (Å²) in [6.07, 6.45) is -4.55. The fourth-order valence-electron chi connectivity index (χ4n) is 3.28. The average Bonchev–Trinajstić information content (AvgIpc) is 3.28. The number of imide groups is 1. The number of amides is 2. The van der Waals surface area contributed by atoms with E-state index in [1.165, 1.54) is 17.3 Å². The van der Waals surface area contributed by atoms with Gasteiger partial charge in [0, 0.05) is 11.1 Å². The molecule has 3 rings (SSSR count). The zero-order valence-corrected chi connectivity index (χ0v) is 20.9. The summed E-state index contributed by atoms with van der Waals surface area (Å²) in [5, 5.41) is 8.51. The molecule has 1 aliphatic heterocycles. The van der Waals surface area contributed by atoms with Crippen LogP contribution in [0.2, 0.25) is 0 Å². The van der Waals surface area contributed by atoms with Gasteiger partial charge in [0.05, 0.1) is 42.7 Å². The van der Waals surface area contributed by atoms with Crippen LogP contribution >= 0.6 is 15.9 Å². The Hall–Kier alpha value is -2.32. The number of H-pyrrole nitrogens is 1. The van der Waals surface area contributed by atoms with Gasteiger partial charge < -0.3 is 14.0 Å². The zero-order chi connectivity index (χ0) is 25.0. The Bertz CT molecular complexity index is 1170. The molecule has 35 heavy (non-hydrogen) atoms. The molecule has 0 saturated carbocycles. The molecule has 1 aromatic carbocycles. The maximum absolute atomic E-state index is 13.2. The Balaban J connectivity index is 0.00000432. The maximum Gasteiger partial charge on any atom is 2.00 e. The number of halogens is 4. The Labute approximate surface area is 215 Å². The van der Waals surface area contributed by atoms with Crippen LogP contribution < -0.4 is 5.63 Å². The third kappa shape index (κ3) is 6.09. The first-order chi connectivity index (χ1) is 16.1. The van der Waals surface area contributed by atoms with Gasteiger partial charge in [0.25, 0.3) is 11.8 Å². The van der Waals surface area contributed by atoms with E-state index in [-0.39, 0.29) is 47.1 Å². The summed E-state index contributed by atoms with van der Waals surface area (Å²) < 4.78 is 54.4. The van der Waals surface area contributed by atoms with Gasteiger partial charge in [-0.25, -0.2) is 9.95 Å². The molecule has 2 amide bonds. The van der Waals surface area contributed by atoms with Crippen molar-refractivity contribution >= 4 is 39.1 Å². The van der Waals surface area contributed by atoms with E-state index >= 15 is 0 Å². The van der Waals surface area contributed by atoms with Crippen LogP contribution in [0.5, 0.6) is 0 Å². The second-order valence-electron chi connectivity index (χ2n) is 7.04. The van der Waals surface area contributed by atoms with Crippen molar-refractivity contribution in [1.29, 1.82) is 0 Å². The molecule has 0 spiro atoms. The van der Waals surface area contributed by atoms with Crippen molar-refractivity contribution in [2.24, 2.45) is 10.2 Å². The summed E-state index contributed by atoms with van der Waals surface area (Å²) in [4.78, 5) is 39.0. The number of aromatic amines is 1. The van der Waals surface area contributed by atoms with Gasteiger partial charge in [0.1, 0.15) is 0 Å². The number of aromatic nitrogens is 1. The van der Waals surface area contributed by atoms with Crippen LogP contribution in [-0.4, -0.2) is 54.3 Å². The van der Waals surface area contributed by atoms with Crippen molar-refractivity contribution in [3.63, 3.8) is 0 Å². The second kappa shape index (κ2) is 12.1. The molecule has 1 atom stereocenters. The second-order valence-corrected chi connectivity index (χ2v) is 7.90. The van der Waals surface area contributed by atoms with Crippen molar-refractivity contribution in [3.8, 4) is 0 Å². The Morgan fingerprint density at radius 2 is 1.74 bits per heavy atom. The van der Waals surface area contributed by atoms with Crippen LogP contribution in [0, 0.1) is 0 Å². The number of carbonyl (C=O) groups is 2. The van der Waals surface area contributed by atoms with Gasteiger partial charge in [-0.3, -0.25) is 14.5 Å². The summed E-state index contributed by atoms with van der Waals surface area (Å²) in [7, 11) is 0. The van der Waals surface area contributed by atoms with E-state index in [9.17, 15) is 27.6 Å². The van der Waals surface area contributed by atoms with E-state index < -0.39 is 41.0 Å². The molecule has 0 aliphatic carbocycles. The predicted octanol–water partition coefficient (Wildman–Crippen LogP) is 4.59. The molecule has 1 N–H and O–H groups in total. The topological polar surface area (TPSA) is 127 Å². The van der Waals surface area contributed by atoms with E-state index in [0.717, 1.165) is 4.90 Å². The van der Waals surface area contributed by atoms with Gasteiger partial charge in [0.2, 0.25) is 5.69 Å². The number of carbonyl (C=O) groups excluding carboxylic acids is 2. The molecule has 1 aromatic heterocycles. The zero-order valence-electron chi connectivity index (χ0n) is 18.4. The largest absolute Gasteiger partial charge is 2.00 e. The smallest absolute Gasteiger partial charge is 0.379 e. The summed E-state index contributed by atoms with van der Waals surface area (Å²) in [5.41, 5.74) is -4.35. The minimum Gasteiger partial charge on any atom is -0.379 e. The SMILES string of the molecule is CCOCCOCC(CC)N1C(=O)c2c(Br)ccc(N=Nc3c(C(F)(F)F)[nH]oc3=O)c2C1=O.[Cu+2]. The molecule has 1 radical (unpaired) electrons. The molecule has 1 aliphatic rings. The van der Waals surface area contributed by atoms with Crippen LogP contribution in [0.1, 0.15) is 46.7 Å². The molecule has 193 valence electrons. The van der Waals surface area contributed by atoms with Gasteiger partial charge in [-0.05, 0) is 41.4 Å². The minimum atomic E-state index is -4.94. The molecular formula is C20H20BrCuF3N4O6+2. The molecule has 0 saturated heterocycles. The first-order valence-corrected chi connectivity index (χ1v) is 11.0. The summed E-state index contributed by atoms with van der Waals surface area (Å²) >= 11 is 3.23. The van der Waals surface area contributed by atoms with Crippen LogP contribution in [0.25, 0.3) is 0 Å². The monoisotopic (exact) mass is 611 g/mol. The van der Waals surface area contributed by atoms with Crippen molar-refractivity contribution in [2.75, 3.05) is 26.4 Å². The van der Waals surface area contributed by atoms with Crippen LogP contribution in [-0.2, 0) is 32.7 Å². The fourth-order valence-corrected chi connectivity index (χ4v) is 3.78. The van der Waals surface area contributed by atoms with Gasteiger partial charge in [-0.15, -0.1) is 10.2 Å². The number of fused-ring (bicyclic) bond motifs is 1. The number of hydrogen-bond acceptors (Lipinski definition) is 8. The van der Waals surface area contributed by atoms with Gasteiger partial charge in [0.15, 0.2) is 5.69 Å². The number of azo groups is 1. The first-order valence-electron chi connectivity index (χ1n) is 10.2. The number of rotatable bonds is 10. The Morgan fingerprint density at radius 3 is 2.37 bits per heavy atom. The predicted molar refractivity (Wildman–Crippen MR) is 115 cm³/mol. The van der Waals surface area contributed by atoms with Crippen molar-refractivity contribution in [2.45, 2.75) is 32.5 Å². The van der Waals surface area contributed by atoms with E-state index in [0.29, 0.717) is 24.1 Å². The maximum atomic E-state index is 13.2. The standard InChI is InChI=1S/C20H20BrF3N4O6.Cu/c1-3-10(9-33-8-7-32-4-2)28-17(29)13-11(21)5-6-12(14(13)18(28)30)25-26-15-16(20(22,23)24)27-34-19(15)31;/h5-6,10,27H,3-4,7-9H2,1-2H3;/q;+2. The Morgan fingerprint density at radius 1 is 1.09 bits per heavy atom. The number of alkyl halides is 3. The number of benzene rings is 1. The third-order valence-electron chi connectivity index (χ3n) is 4.94. The van der Waals surface area contributed by atoms with Gasteiger partial charge in [-0.1, -0.05) is 6.92 Å². The van der Waals surface area contributed by atoms with E-state index in [1.54, 1.807) is 6.92 Å². The molecule has 1 unspecified atom stereocenters. The number of ether oxygens (including phenoxy) is 2. The normalized spacial score (nSPS) is 14.5. The van der Waals surface area contributed by atoms with Gasteiger partial charge >= 0.3 is 28.9 Å². The van der Waals surface area contributed by atoms with Crippen molar-refractivity contribution < 1.29 is 53.8 Å². The number of nitrogens with one attached hydrogen (secondary N) is 1. The first kappa shape index (κ1) is 28.9. The van der Waals surface area contributed by atoms with Gasteiger partial charge in [-0.2, -0.15) is 13.2 Å². The molecule has 0 bridgehead atoms. The van der Waals surface area contributed by atoms with E-state index in [4.69, 9.17) is 9.47 Å². The van der Waals surface area contributed by atoms with E-state index in [1.807, 2.05) is 6.92 Å². The van der Waals surface area contributed by atoms with Crippen LogP contribution in [0.4, 0.5) is 24.5 Å².